The highest BCUT2D eigenvalue weighted by Gasteiger charge is 2.08. The first kappa shape index (κ1) is 10.0. The van der Waals surface area contributed by atoms with Gasteiger partial charge in [-0.1, -0.05) is 12.2 Å². The summed E-state index contributed by atoms with van der Waals surface area (Å²) in [6.45, 7) is 1.62. The summed E-state index contributed by atoms with van der Waals surface area (Å²) in [6, 6.07) is 0. The lowest BCUT2D eigenvalue weighted by molar-refractivity contribution is -0.116. The number of methoxy groups -OCH3 is 1. The van der Waals surface area contributed by atoms with Gasteiger partial charge in [0.25, 0.3) is 0 Å². The summed E-state index contributed by atoms with van der Waals surface area (Å²) in [4.78, 5) is 10.8. The summed E-state index contributed by atoms with van der Waals surface area (Å²) < 4.78 is 5.25. The van der Waals surface area contributed by atoms with Crippen molar-refractivity contribution < 1.29 is 9.53 Å². The Morgan fingerprint density at radius 1 is 1.62 bits per heavy atom. The molecule has 0 heterocycles. The van der Waals surface area contributed by atoms with Gasteiger partial charge in [0.1, 0.15) is 5.78 Å². The first-order valence-corrected chi connectivity index (χ1v) is 4.66. The highest BCUT2D eigenvalue weighted by Crippen LogP contribution is 2.22. The normalized spacial score (nSPS) is 16.2. The molecule has 13 heavy (non-hydrogen) atoms. The van der Waals surface area contributed by atoms with Crippen LogP contribution in [0, 0.1) is 0 Å². The van der Waals surface area contributed by atoms with E-state index in [-0.39, 0.29) is 5.78 Å². The highest BCUT2D eigenvalue weighted by molar-refractivity contribution is 5.75. The van der Waals surface area contributed by atoms with Crippen LogP contribution in [-0.2, 0) is 9.53 Å². The summed E-state index contributed by atoms with van der Waals surface area (Å²) >= 11 is 0. The molecule has 0 saturated heterocycles. The molecule has 0 saturated carbocycles. The first-order chi connectivity index (χ1) is 6.24. The fourth-order valence-corrected chi connectivity index (χ4v) is 1.46. The van der Waals surface area contributed by atoms with Gasteiger partial charge in [0, 0.05) is 12.8 Å². The zero-order chi connectivity index (χ0) is 9.68. The highest BCUT2D eigenvalue weighted by atomic mass is 16.5. The van der Waals surface area contributed by atoms with E-state index >= 15 is 0 Å². The smallest absolute Gasteiger partial charge is 0.130 e. The van der Waals surface area contributed by atoms with Crippen LogP contribution < -0.4 is 0 Å². The zero-order valence-electron chi connectivity index (χ0n) is 8.30. The van der Waals surface area contributed by atoms with Gasteiger partial charge in [-0.3, -0.25) is 0 Å². The van der Waals surface area contributed by atoms with Crippen LogP contribution in [0.1, 0.15) is 32.6 Å². The van der Waals surface area contributed by atoms with Gasteiger partial charge >= 0.3 is 0 Å². The maximum atomic E-state index is 10.8. The maximum absolute atomic E-state index is 10.8. The summed E-state index contributed by atoms with van der Waals surface area (Å²) in [5, 5.41) is 0. The quantitative estimate of drug-likeness (QED) is 0.664. The molecule has 0 amide bonds. The second-order valence-corrected chi connectivity index (χ2v) is 3.30. The lowest BCUT2D eigenvalue weighted by atomic mass is 10.00. The average molecular weight is 180 g/mol. The van der Waals surface area contributed by atoms with Crippen molar-refractivity contribution in [2.45, 2.75) is 32.6 Å². The maximum Gasteiger partial charge on any atom is 0.130 e. The van der Waals surface area contributed by atoms with Crippen LogP contribution in [0.3, 0.4) is 0 Å². The number of allylic oxidation sites excluding steroid dienone is 4. The minimum atomic E-state index is 0.238. The second kappa shape index (κ2) is 4.85. The van der Waals surface area contributed by atoms with E-state index in [2.05, 4.69) is 12.2 Å². The van der Waals surface area contributed by atoms with Crippen molar-refractivity contribution in [2.24, 2.45) is 0 Å². The molecule has 0 aliphatic heterocycles. The van der Waals surface area contributed by atoms with Crippen LogP contribution in [-0.4, -0.2) is 12.9 Å². The Labute approximate surface area is 79.3 Å². The van der Waals surface area contributed by atoms with Crippen molar-refractivity contribution in [3.05, 3.63) is 23.5 Å². The van der Waals surface area contributed by atoms with Gasteiger partial charge in [0.15, 0.2) is 0 Å². The van der Waals surface area contributed by atoms with Crippen LogP contribution >= 0.6 is 0 Å². The van der Waals surface area contributed by atoms with Gasteiger partial charge in [-0.2, -0.15) is 0 Å². The monoisotopic (exact) mass is 180 g/mol. The summed E-state index contributed by atoms with van der Waals surface area (Å²) in [5.74, 6) is 1.28. The van der Waals surface area contributed by atoms with E-state index in [1.165, 1.54) is 5.57 Å². The predicted molar refractivity (Wildman–Crippen MR) is 52.3 cm³/mol. The molecule has 2 heteroatoms. The predicted octanol–water partition coefficient (Wildman–Crippen LogP) is 2.61. The molecule has 0 unspecified atom stereocenters. The Morgan fingerprint density at radius 3 is 3.00 bits per heavy atom. The van der Waals surface area contributed by atoms with Gasteiger partial charge in [0.2, 0.25) is 0 Å². The summed E-state index contributed by atoms with van der Waals surface area (Å²) in [6.07, 6.45) is 7.66. The number of hydrogen-bond donors (Lipinski definition) is 0. The first-order valence-electron chi connectivity index (χ1n) is 4.66. The SMILES string of the molecule is COC1=C(CCC(C)=O)C=CCC1. The lowest BCUT2D eigenvalue weighted by Gasteiger charge is -2.13. The second-order valence-electron chi connectivity index (χ2n) is 3.30. The molecular formula is C11H16O2. The third kappa shape index (κ3) is 3.05. The molecule has 0 N–H and O–H groups in total. The topological polar surface area (TPSA) is 26.3 Å². The molecule has 0 bridgehead atoms. The Morgan fingerprint density at radius 2 is 2.38 bits per heavy atom. The Bertz CT molecular complexity index is 249. The molecule has 0 atom stereocenters. The Balaban J connectivity index is 2.58. The third-order valence-corrected chi connectivity index (χ3v) is 2.21. The third-order valence-electron chi connectivity index (χ3n) is 2.21. The number of carbonyl (C=O) groups excluding carboxylic acids is 1. The average Bonchev–Trinajstić information content (AvgIpc) is 2.15. The molecule has 0 radical (unpaired) electrons. The number of rotatable bonds is 4. The number of ether oxygens (including phenoxy) is 1. The van der Waals surface area contributed by atoms with Crippen molar-refractivity contribution >= 4 is 5.78 Å². The van der Waals surface area contributed by atoms with Gasteiger partial charge in [-0.05, 0) is 25.3 Å². The molecule has 1 rings (SSSR count). The minimum Gasteiger partial charge on any atom is -0.501 e. The van der Waals surface area contributed by atoms with Gasteiger partial charge in [-0.15, -0.1) is 0 Å². The van der Waals surface area contributed by atoms with E-state index in [1.54, 1.807) is 14.0 Å². The molecule has 0 aromatic carbocycles. The summed E-state index contributed by atoms with van der Waals surface area (Å²) in [7, 11) is 1.70. The number of hydrogen-bond acceptors (Lipinski definition) is 2. The van der Waals surface area contributed by atoms with E-state index in [0.29, 0.717) is 6.42 Å². The van der Waals surface area contributed by atoms with E-state index in [9.17, 15) is 4.79 Å². The molecule has 0 spiro atoms. The molecule has 72 valence electrons. The molecule has 0 fully saturated rings. The standard InChI is InChI=1S/C11H16O2/c1-9(12)7-8-10-5-3-4-6-11(10)13-2/h3,5H,4,6-8H2,1-2H3. The Hall–Kier alpha value is -1.05. The largest absolute Gasteiger partial charge is 0.501 e. The van der Waals surface area contributed by atoms with Crippen molar-refractivity contribution in [1.29, 1.82) is 0 Å². The number of ketones is 1. The van der Waals surface area contributed by atoms with Crippen LogP contribution in [0.2, 0.25) is 0 Å². The Kier molecular flexibility index (Phi) is 3.74. The number of carbonyl (C=O) groups is 1. The minimum absolute atomic E-state index is 0.238. The van der Waals surface area contributed by atoms with E-state index < -0.39 is 0 Å². The fraction of sp³-hybridized carbons (Fsp3) is 0.545. The lowest BCUT2D eigenvalue weighted by Crippen LogP contribution is -1.99. The van der Waals surface area contributed by atoms with Crippen LogP contribution in [0.15, 0.2) is 23.5 Å². The van der Waals surface area contributed by atoms with Crippen molar-refractivity contribution in [3.8, 4) is 0 Å². The van der Waals surface area contributed by atoms with Crippen molar-refractivity contribution in [1.82, 2.24) is 0 Å². The molecule has 0 aromatic heterocycles. The van der Waals surface area contributed by atoms with Gasteiger partial charge in [0.05, 0.1) is 12.9 Å². The van der Waals surface area contributed by atoms with Gasteiger partial charge < -0.3 is 9.53 Å². The van der Waals surface area contributed by atoms with E-state index in [1.807, 2.05) is 0 Å². The zero-order valence-corrected chi connectivity index (χ0v) is 8.30. The molecule has 1 aliphatic carbocycles. The van der Waals surface area contributed by atoms with Crippen LogP contribution in [0.4, 0.5) is 0 Å². The molecule has 2 nitrogen and oxygen atoms in total. The summed E-state index contributed by atoms with van der Waals surface area (Å²) in [5.41, 5.74) is 1.18. The molecule has 1 aliphatic rings. The molecule has 0 aromatic rings. The number of Topliss-reactive ketones (excluding diaryl/α,β-unsaturated/α-hetero) is 1. The van der Waals surface area contributed by atoms with E-state index in [4.69, 9.17) is 4.74 Å². The fourth-order valence-electron chi connectivity index (χ4n) is 1.46. The van der Waals surface area contributed by atoms with Crippen LogP contribution in [0.25, 0.3) is 0 Å². The molecular weight excluding hydrogens is 164 g/mol. The van der Waals surface area contributed by atoms with E-state index in [0.717, 1.165) is 25.0 Å². The van der Waals surface area contributed by atoms with Crippen molar-refractivity contribution in [2.75, 3.05) is 7.11 Å². The van der Waals surface area contributed by atoms with Crippen molar-refractivity contribution in [3.63, 3.8) is 0 Å². The van der Waals surface area contributed by atoms with Gasteiger partial charge in [-0.25, -0.2) is 0 Å². The van der Waals surface area contributed by atoms with Crippen LogP contribution in [0.5, 0.6) is 0 Å².